The number of ketones is 1. The van der Waals surface area contributed by atoms with Gasteiger partial charge in [0.2, 0.25) is 0 Å². The highest BCUT2D eigenvalue weighted by Crippen LogP contribution is 2.39. The van der Waals surface area contributed by atoms with Gasteiger partial charge in [0.25, 0.3) is 11.7 Å². The summed E-state index contributed by atoms with van der Waals surface area (Å²) in [5.41, 5.74) is 0.761. The molecule has 26 heavy (non-hydrogen) atoms. The number of benzene rings is 2. The summed E-state index contributed by atoms with van der Waals surface area (Å²) >= 11 is 3.33. The van der Waals surface area contributed by atoms with Crippen molar-refractivity contribution in [2.75, 3.05) is 13.2 Å². The number of hydrogen-bond donors (Lipinski definition) is 2. The summed E-state index contributed by atoms with van der Waals surface area (Å²) in [6.45, 7) is -0.373. The second kappa shape index (κ2) is 7.39. The van der Waals surface area contributed by atoms with Crippen molar-refractivity contribution in [2.24, 2.45) is 0 Å². The van der Waals surface area contributed by atoms with Crippen LogP contribution in [0.25, 0.3) is 5.76 Å². The summed E-state index contributed by atoms with van der Waals surface area (Å²) in [6.07, 6.45) is 0. The van der Waals surface area contributed by atoms with Crippen LogP contribution in [-0.4, -0.2) is 40.0 Å². The second-order valence-electron chi connectivity index (χ2n) is 5.77. The van der Waals surface area contributed by atoms with E-state index in [9.17, 15) is 24.2 Å². The van der Waals surface area contributed by atoms with Gasteiger partial charge in [-0.3, -0.25) is 9.59 Å². The van der Waals surface area contributed by atoms with Gasteiger partial charge >= 0.3 is 0 Å². The van der Waals surface area contributed by atoms with Gasteiger partial charge in [-0.05, 0) is 42.0 Å². The fourth-order valence-corrected chi connectivity index (χ4v) is 3.24. The van der Waals surface area contributed by atoms with Gasteiger partial charge in [0, 0.05) is 16.6 Å². The van der Waals surface area contributed by atoms with Crippen molar-refractivity contribution in [2.45, 2.75) is 6.04 Å². The number of β-amino-alcohol motifs (C(OH)–C–C–N with tert-alkyl or cyclic N) is 1. The molecule has 2 aromatic rings. The molecule has 0 aliphatic carbocycles. The first-order valence-electron chi connectivity index (χ1n) is 7.84. The van der Waals surface area contributed by atoms with Crippen LogP contribution in [0.4, 0.5) is 4.39 Å². The molecule has 3 rings (SSSR count). The average molecular weight is 420 g/mol. The number of aliphatic hydroxyl groups excluding tert-OH is 2. The highest BCUT2D eigenvalue weighted by molar-refractivity contribution is 9.10. The van der Waals surface area contributed by atoms with E-state index in [1.54, 1.807) is 24.3 Å². The van der Waals surface area contributed by atoms with E-state index in [-0.39, 0.29) is 30.0 Å². The molecule has 0 saturated carbocycles. The quantitative estimate of drug-likeness (QED) is 0.453. The van der Waals surface area contributed by atoms with Gasteiger partial charge in [0.15, 0.2) is 0 Å². The summed E-state index contributed by atoms with van der Waals surface area (Å²) in [6, 6.07) is 11.1. The Morgan fingerprint density at radius 3 is 2.27 bits per heavy atom. The molecular weight excluding hydrogens is 405 g/mol. The van der Waals surface area contributed by atoms with Crippen molar-refractivity contribution in [1.29, 1.82) is 0 Å². The second-order valence-corrected chi connectivity index (χ2v) is 6.69. The van der Waals surface area contributed by atoms with Gasteiger partial charge in [0.05, 0.1) is 18.2 Å². The van der Waals surface area contributed by atoms with Crippen molar-refractivity contribution < 1.29 is 24.2 Å². The lowest BCUT2D eigenvalue weighted by Gasteiger charge is -2.24. The average Bonchev–Trinajstić information content (AvgIpc) is 2.88. The summed E-state index contributed by atoms with van der Waals surface area (Å²) in [7, 11) is 0. The van der Waals surface area contributed by atoms with E-state index in [1.807, 2.05) is 0 Å². The number of hydrogen-bond acceptors (Lipinski definition) is 4. The van der Waals surface area contributed by atoms with Crippen molar-refractivity contribution in [1.82, 2.24) is 4.90 Å². The number of carbonyl (C=O) groups is 2. The number of Topliss-reactive ketones (excluding diaryl/α,β-unsaturated/α-hetero) is 1. The maximum absolute atomic E-state index is 13.1. The fraction of sp³-hybridized carbons (Fsp3) is 0.158. The molecule has 0 bridgehead atoms. The molecule has 1 atom stereocenters. The van der Waals surface area contributed by atoms with Gasteiger partial charge in [-0.2, -0.15) is 0 Å². The topological polar surface area (TPSA) is 77.8 Å². The summed E-state index contributed by atoms with van der Waals surface area (Å²) < 4.78 is 14.0. The van der Waals surface area contributed by atoms with E-state index in [2.05, 4.69) is 15.9 Å². The molecule has 1 aliphatic rings. The number of halogens is 2. The third kappa shape index (κ3) is 3.27. The molecule has 7 heteroatoms. The largest absolute Gasteiger partial charge is 0.507 e. The van der Waals surface area contributed by atoms with Crippen molar-refractivity contribution >= 4 is 33.4 Å². The van der Waals surface area contributed by atoms with Crippen LogP contribution in [0, 0.1) is 5.82 Å². The third-order valence-corrected chi connectivity index (χ3v) is 4.71. The minimum absolute atomic E-state index is 0.0501. The zero-order valence-corrected chi connectivity index (χ0v) is 15.1. The SMILES string of the molecule is O=C1C(=O)N(CCO)C(c2ccc(Br)cc2)/C1=C(/O)c1ccc(F)cc1. The molecule has 0 radical (unpaired) electrons. The molecular formula is C19H15BrFNO4. The first kappa shape index (κ1) is 18.3. The lowest BCUT2D eigenvalue weighted by atomic mass is 9.95. The van der Waals surface area contributed by atoms with Gasteiger partial charge in [0.1, 0.15) is 11.6 Å². The lowest BCUT2D eigenvalue weighted by Crippen LogP contribution is -2.32. The Morgan fingerprint density at radius 1 is 1.08 bits per heavy atom. The van der Waals surface area contributed by atoms with Crippen molar-refractivity contribution in [3.8, 4) is 0 Å². The monoisotopic (exact) mass is 419 g/mol. The van der Waals surface area contributed by atoms with Crippen molar-refractivity contribution in [3.63, 3.8) is 0 Å². The number of aliphatic hydroxyl groups is 2. The Bertz CT molecular complexity index is 877. The van der Waals surface area contributed by atoms with Crippen LogP contribution in [-0.2, 0) is 9.59 Å². The van der Waals surface area contributed by atoms with Gasteiger partial charge in [-0.15, -0.1) is 0 Å². The Balaban J connectivity index is 2.17. The highest BCUT2D eigenvalue weighted by atomic mass is 79.9. The predicted molar refractivity (Wildman–Crippen MR) is 96.6 cm³/mol. The zero-order chi connectivity index (χ0) is 18.8. The molecule has 1 aliphatic heterocycles. The third-order valence-electron chi connectivity index (χ3n) is 4.18. The lowest BCUT2D eigenvalue weighted by molar-refractivity contribution is -0.140. The number of amides is 1. The molecule has 0 aromatic heterocycles. The van der Waals surface area contributed by atoms with E-state index < -0.39 is 23.5 Å². The Hall–Kier alpha value is -2.51. The number of nitrogens with zero attached hydrogens (tertiary/aromatic N) is 1. The smallest absolute Gasteiger partial charge is 0.295 e. The summed E-state index contributed by atoms with van der Waals surface area (Å²) in [4.78, 5) is 26.2. The van der Waals surface area contributed by atoms with Crippen LogP contribution < -0.4 is 0 Å². The zero-order valence-electron chi connectivity index (χ0n) is 13.5. The van der Waals surface area contributed by atoms with E-state index in [0.29, 0.717) is 5.56 Å². The number of likely N-dealkylation sites (tertiary alicyclic amines) is 1. The molecule has 1 saturated heterocycles. The minimum atomic E-state index is -0.840. The minimum Gasteiger partial charge on any atom is -0.507 e. The van der Waals surface area contributed by atoms with E-state index in [4.69, 9.17) is 0 Å². The van der Waals surface area contributed by atoms with Crippen LogP contribution in [0.5, 0.6) is 0 Å². The van der Waals surface area contributed by atoms with E-state index in [1.165, 1.54) is 17.0 Å². The highest BCUT2D eigenvalue weighted by Gasteiger charge is 2.45. The number of rotatable bonds is 4. The normalized spacial score (nSPS) is 19.2. The Kier molecular flexibility index (Phi) is 5.20. The molecule has 5 nitrogen and oxygen atoms in total. The standard InChI is InChI=1S/C19H15BrFNO4/c20-13-5-1-11(2-6-13)16-15(18(25)19(26)22(16)9-10-23)17(24)12-3-7-14(21)8-4-12/h1-8,16,23-24H,9-10H2/b17-15-. The number of carbonyl (C=O) groups excluding carboxylic acids is 2. The van der Waals surface area contributed by atoms with Crippen LogP contribution >= 0.6 is 15.9 Å². The molecule has 1 unspecified atom stereocenters. The van der Waals surface area contributed by atoms with Crippen LogP contribution in [0.1, 0.15) is 17.2 Å². The van der Waals surface area contributed by atoms with Crippen LogP contribution in [0.2, 0.25) is 0 Å². The molecule has 134 valence electrons. The fourth-order valence-electron chi connectivity index (χ4n) is 2.97. The maximum atomic E-state index is 13.1. The van der Waals surface area contributed by atoms with Crippen molar-refractivity contribution in [3.05, 3.63) is 75.5 Å². The summed E-state index contributed by atoms with van der Waals surface area (Å²) in [5, 5.41) is 19.9. The maximum Gasteiger partial charge on any atom is 0.295 e. The molecule has 1 heterocycles. The molecule has 1 amide bonds. The molecule has 2 aromatic carbocycles. The molecule has 0 spiro atoms. The van der Waals surface area contributed by atoms with E-state index in [0.717, 1.165) is 16.6 Å². The van der Waals surface area contributed by atoms with Gasteiger partial charge in [-0.25, -0.2) is 4.39 Å². The van der Waals surface area contributed by atoms with E-state index >= 15 is 0 Å². The van der Waals surface area contributed by atoms with Gasteiger partial charge < -0.3 is 15.1 Å². The van der Waals surface area contributed by atoms with Crippen LogP contribution in [0.15, 0.2) is 58.6 Å². The molecule has 2 N–H and O–H groups in total. The Labute approximate surface area is 157 Å². The predicted octanol–water partition coefficient (Wildman–Crippen LogP) is 3.00. The van der Waals surface area contributed by atoms with Crippen LogP contribution in [0.3, 0.4) is 0 Å². The molecule has 1 fully saturated rings. The Morgan fingerprint density at radius 2 is 1.69 bits per heavy atom. The first-order valence-corrected chi connectivity index (χ1v) is 8.64. The summed E-state index contributed by atoms with van der Waals surface area (Å²) in [5.74, 6) is -2.49. The van der Waals surface area contributed by atoms with Gasteiger partial charge in [-0.1, -0.05) is 28.1 Å². The first-order chi connectivity index (χ1) is 12.4.